The molecule has 1 aromatic carbocycles. The highest BCUT2D eigenvalue weighted by molar-refractivity contribution is 5.91. The quantitative estimate of drug-likeness (QED) is 0.405. The normalized spacial score (nSPS) is 14.2. The van der Waals surface area contributed by atoms with Crippen LogP contribution in [0, 0.1) is 5.92 Å². The first-order chi connectivity index (χ1) is 12.2. The van der Waals surface area contributed by atoms with Gasteiger partial charge in [0.1, 0.15) is 12.3 Å². The lowest BCUT2D eigenvalue weighted by Gasteiger charge is -2.24. The zero-order chi connectivity index (χ0) is 19.7. The summed E-state index contributed by atoms with van der Waals surface area (Å²) in [4.78, 5) is 46.6. The number of nitrogens with two attached hydrogens (primary N) is 2. The standard InChI is InChI=1S/C18H26N4O4/c1-11(2)16(18(26)21-13(10-23)9-15(20)24)22-17(25)14(19)8-12-6-4-3-5-7-12/h3-7,10-11,13-14,16H,8-9,19H2,1-2H3,(H2,20,24)(H,21,26)(H,22,25)/t13-,14-,16-/m0/s1. The average Bonchev–Trinajstić information content (AvgIpc) is 2.58. The van der Waals surface area contributed by atoms with Gasteiger partial charge in [-0.15, -0.1) is 0 Å². The van der Waals surface area contributed by atoms with Gasteiger partial charge >= 0.3 is 0 Å². The Balaban J connectivity index is 2.70. The molecule has 3 amide bonds. The number of carbonyl (C=O) groups is 4. The molecule has 0 bridgehead atoms. The van der Waals surface area contributed by atoms with Gasteiger partial charge in [-0.3, -0.25) is 14.4 Å². The minimum Gasteiger partial charge on any atom is -0.370 e. The molecule has 0 fully saturated rings. The van der Waals surface area contributed by atoms with Crippen molar-refractivity contribution in [1.29, 1.82) is 0 Å². The van der Waals surface area contributed by atoms with Crippen molar-refractivity contribution >= 4 is 24.0 Å². The maximum absolute atomic E-state index is 12.4. The van der Waals surface area contributed by atoms with Crippen molar-refractivity contribution in [2.45, 2.75) is 44.8 Å². The Kier molecular flexibility index (Phi) is 8.44. The second-order valence-electron chi connectivity index (χ2n) is 6.45. The van der Waals surface area contributed by atoms with Crippen LogP contribution in [0.15, 0.2) is 30.3 Å². The van der Waals surface area contributed by atoms with E-state index in [9.17, 15) is 19.2 Å². The minimum absolute atomic E-state index is 0.247. The van der Waals surface area contributed by atoms with Gasteiger partial charge in [0.05, 0.1) is 18.5 Å². The monoisotopic (exact) mass is 362 g/mol. The van der Waals surface area contributed by atoms with Gasteiger partial charge in [0, 0.05) is 0 Å². The SMILES string of the molecule is CC(C)[C@H](NC(=O)[C@@H](N)Cc1ccccc1)C(=O)N[C@H](C=O)CC(N)=O. The lowest BCUT2D eigenvalue weighted by molar-refractivity contribution is -0.132. The van der Waals surface area contributed by atoms with E-state index in [2.05, 4.69) is 10.6 Å². The number of benzene rings is 1. The molecule has 0 unspecified atom stereocenters. The maximum atomic E-state index is 12.4. The molecule has 0 spiro atoms. The number of rotatable bonds is 10. The van der Waals surface area contributed by atoms with Gasteiger partial charge in [0.25, 0.3) is 0 Å². The largest absolute Gasteiger partial charge is 0.370 e. The van der Waals surface area contributed by atoms with E-state index in [-0.39, 0.29) is 12.3 Å². The van der Waals surface area contributed by atoms with Gasteiger partial charge in [-0.25, -0.2) is 0 Å². The molecular weight excluding hydrogens is 336 g/mol. The Bertz CT molecular complexity index is 633. The third-order valence-electron chi connectivity index (χ3n) is 3.80. The van der Waals surface area contributed by atoms with E-state index in [0.717, 1.165) is 5.56 Å². The fourth-order valence-corrected chi connectivity index (χ4v) is 2.38. The van der Waals surface area contributed by atoms with E-state index in [1.165, 1.54) is 0 Å². The first kappa shape index (κ1) is 21.3. The molecule has 26 heavy (non-hydrogen) atoms. The molecule has 0 aliphatic rings. The van der Waals surface area contributed by atoms with E-state index < -0.39 is 35.8 Å². The van der Waals surface area contributed by atoms with Crippen LogP contribution in [0.5, 0.6) is 0 Å². The predicted molar refractivity (Wildman–Crippen MR) is 96.7 cm³/mol. The van der Waals surface area contributed by atoms with Gasteiger partial charge in [0.2, 0.25) is 17.7 Å². The molecule has 0 heterocycles. The first-order valence-electron chi connectivity index (χ1n) is 8.38. The number of amides is 3. The summed E-state index contributed by atoms with van der Waals surface area (Å²) in [5, 5.41) is 5.02. The molecule has 8 heteroatoms. The summed E-state index contributed by atoms with van der Waals surface area (Å²) in [6.45, 7) is 3.49. The van der Waals surface area contributed by atoms with Crippen LogP contribution in [-0.2, 0) is 25.6 Å². The fraction of sp³-hybridized carbons (Fsp3) is 0.444. The van der Waals surface area contributed by atoms with E-state index in [1.807, 2.05) is 30.3 Å². The van der Waals surface area contributed by atoms with Crippen molar-refractivity contribution in [3.05, 3.63) is 35.9 Å². The molecule has 142 valence electrons. The third kappa shape index (κ3) is 7.02. The highest BCUT2D eigenvalue weighted by Gasteiger charge is 2.28. The molecule has 6 N–H and O–H groups in total. The number of aldehydes is 1. The fourth-order valence-electron chi connectivity index (χ4n) is 2.38. The second kappa shape index (κ2) is 10.3. The van der Waals surface area contributed by atoms with E-state index in [1.54, 1.807) is 13.8 Å². The molecule has 0 radical (unpaired) electrons. The van der Waals surface area contributed by atoms with Gasteiger partial charge in [-0.2, -0.15) is 0 Å². The molecule has 0 aliphatic carbocycles. The highest BCUT2D eigenvalue weighted by atomic mass is 16.2. The topological polar surface area (TPSA) is 144 Å². The number of nitrogens with one attached hydrogen (secondary N) is 2. The third-order valence-corrected chi connectivity index (χ3v) is 3.80. The van der Waals surface area contributed by atoms with E-state index >= 15 is 0 Å². The molecule has 8 nitrogen and oxygen atoms in total. The number of primary amides is 1. The molecule has 1 rings (SSSR count). The highest BCUT2D eigenvalue weighted by Crippen LogP contribution is 2.06. The molecular formula is C18H26N4O4. The zero-order valence-corrected chi connectivity index (χ0v) is 15.0. The van der Waals surface area contributed by atoms with Crippen molar-refractivity contribution < 1.29 is 19.2 Å². The van der Waals surface area contributed by atoms with Crippen LogP contribution in [0.1, 0.15) is 25.8 Å². The van der Waals surface area contributed by atoms with Crippen LogP contribution in [0.4, 0.5) is 0 Å². The van der Waals surface area contributed by atoms with Crippen molar-refractivity contribution in [1.82, 2.24) is 10.6 Å². The zero-order valence-electron chi connectivity index (χ0n) is 15.0. The van der Waals surface area contributed by atoms with Gasteiger partial charge in [-0.1, -0.05) is 44.2 Å². The molecule has 3 atom stereocenters. The Labute approximate surface area is 152 Å². The molecule has 0 aliphatic heterocycles. The van der Waals surface area contributed by atoms with E-state index in [0.29, 0.717) is 12.7 Å². The Morgan fingerprint density at radius 3 is 2.19 bits per heavy atom. The summed E-state index contributed by atoms with van der Waals surface area (Å²) >= 11 is 0. The van der Waals surface area contributed by atoms with Crippen LogP contribution in [0.2, 0.25) is 0 Å². The summed E-state index contributed by atoms with van der Waals surface area (Å²) in [5.74, 6) is -2.00. The first-order valence-corrected chi connectivity index (χ1v) is 8.38. The number of hydrogen-bond acceptors (Lipinski definition) is 5. The maximum Gasteiger partial charge on any atom is 0.243 e. The summed E-state index contributed by atoms with van der Waals surface area (Å²) in [5.41, 5.74) is 11.9. The van der Waals surface area contributed by atoms with Crippen molar-refractivity contribution in [2.75, 3.05) is 0 Å². The molecule has 1 aromatic rings. The van der Waals surface area contributed by atoms with Gasteiger partial charge < -0.3 is 26.9 Å². The summed E-state index contributed by atoms with van der Waals surface area (Å²) in [6.07, 6.45) is 0.461. The van der Waals surface area contributed by atoms with E-state index in [4.69, 9.17) is 11.5 Å². The molecule has 0 saturated heterocycles. The van der Waals surface area contributed by atoms with Crippen LogP contribution >= 0.6 is 0 Å². The number of hydrogen-bond donors (Lipinski definition) is 4. The summed E-state index contributed by atoms with van der Waals surface area (Å²) < 4.78 is 0. The van der Waals surface area contributed by atoms with Crippen LogP contribution < -0.4 is 22.1 Å². The predicted octanol–water partition coefficient (Wildman–Crippen LogP) is -0.744. The lowest BCUT2D eigenvalue weighted by Crippen LogP contribution is -2.56. The Hall–Kier alpha value is -2.74. The smallest absolute Gasteiger partial charge is 0.243 e. The Morgan fingerprint density at radius 1 is 1.08 bits per heavy atom. The van der Waals surface area contributed by atoms with Gasteiger partial charge in [-0.05, 0) is 17.9 Å². The number of carbonyl (C=O) groups excluding carboxylic acids is 4. The average molecular weight is 362 g/mol. The summed E-state index contributed by atoms with van der Waals surface area (Å²) in [6, 6.07) is 6.54. The Morgan fingerprint density at radius 2 is 1.69 bits per heavy atom. The van der Waals surface area contributed by atoms with Crippen molar-refractivity contribution in [2.24, 2.45) is 17.4 Å². The summed E-state index contributed by atoms with van der Waals surface area (Å²) in [7, 11) is 0. The lowest BCUT2D eigenvalue weighted by atomic mass is 10.0. The molecule has 0 aromatic heterocycles. The second-order valence-corrected chi connectivity index (χ2v) is 6.45. The van der Waals surface area contributed by atoms with Crippen LogP contribution in [0.3, 0.4) is 0 Å². The minimum atomic E-state index is -1.03. The molecule has 0 saturated carbocycles. The van der Waals surface area contributed by atoms with Crippen molar-refractivity contribution in [3.63, 3.8) is 0 Å². The van der Waals surface area contributed by atoms with Crippen LogP contribution in [0.25, 0.3) is 0 Å². The van der Waals surface area contributed by atoms with Gasteiger partial charge in [0.15, 0.2) is 0 Å². The van der Waals surface area contributed by atoms with Crippen molar-refractivity contribution in [3.8, 4) is 0 Å². The van der Waals surface area contributed by atoms with Crippen LogP contribution in [-0.4, -0.2) is 42.1 Å².